The van der Waals surface area contributed by atoms with Crippen LogP contribution in [0.5, 0.6) is 0 Å². The molecule has 0 nitrogen and oxygen atoms in total. The molecule has 0 saturated heterocycles. The van der Waals surface area contributed by atoms with Crippen molar-refractivity contribution in [1.82, 2.24) is 0 Å². The summed E-state index contributed by atoms with van der Waals surface area (Å²) in [4.78, 5) is 0. The van der Waals surface area contributed by atoms with E-state index >= 15 is 0 Å². The van der Waals surface area contributed by atoms with Crippen molar-refractivity contribution in [3.05, 3.63) is 121 Å². The molecule has 0 N–H and O–H groups in total. The van der Waals surface area contributed by atoms with E-state index < -0.39 is 5.43 Å². The first-order valence-corrected chi connectivity index (χ1v) is 13.5. The second-order valence-corrected chi connectivity index (χ2v) is 11.1. The summed E-state index contributed by atoms with van der Waals surface area (Å²) in [6, 6.07) is 39.9. The minimum absolute atomic E-state index is 0. The van der Waals surface area contributed by atoms with Crippen LogP contribution >= 0.6 is 0 Å². The Labute approximate surface area is 190 Å². The van der Waals surface area contributed by atoms with Gasteiger partial charge >= 0.3 is 99.8 Å². The number of hydrogen-bond acceptors (Lipinski definition) is 0. The maximum Gasteiger partial charge on any atom is -0.172 e. The standard InChI is InChI=1S/C12H10Si.C6H7.C5H5.2ClH.Zr/c1-3-7-11(8-4-1)13-12-9-5-2-6-10-12;1-6-4-2-3-5-6;1-2-4-5-3-1;;;/h1-10H;2-5H,1H3;1-5H;2*1H;/q;2*-1;;;+2/p-2. The van der Waals surface area contributed by atoms with Crippen LogP contribution in [0.2, 0.25) is 0 Å². The molecule has 0 bridgehead atoms. The van der Waals surface area contributed by atoms with Gasteiger partial charge in [0, 0.05) is 0 Å². The maximum absolute atomic E-state index is 2.25. The van der Waals surface area contributed by atoms with Crippen LogP contribution in [0.25, 0.3) is 0 Å². The SMILES string of the molecule is C[c-]1cccc1.[Cl-].[Cl-].[Zr+2]=[Si](c1ccccc1)c1ccccc1.c1cc[cH-]c1. The fourth-order valence-electron chi connectivity index (χ4n) is 2.17. The second kappa shape index (κ2) is 15.8. The molecule has 0 radical (unpaired) electrons. The van der Waals surface area contributed by atoms with Crippen LogP contribution < -0.4 is 35.2 Å². The Kier molecular flexibility index (Phi) is 15.1. The summed E-state index contributed by atoms with van der Waals surface area (Å²) in [7, 11) is 0. The number of rotatable bonds is 2. The van der Waals surface area contributed by atoms with Crippen molar-refractivity contribution in [2.24, 2.45) is 0 Å². The normalized spacial score (nSPS) is 8.56. The Balaban J connectivity index is 0.000000433. The van der Waals surface area contributed by atoms with E-state index in [2.05, 4.69) is 79.7 Å². The minimum atomic E-state index is -0.455. The molecule has 138 valence electrons. The van der Waals surface area contributed by atoms with Crippen molar-refractivity contribution in [1.29, 1.82) is 0 Å². The molecule has 0 unspecified atom stereocenters. The van der Waals surface area contributed by atoms with Gasteiger partial charge in [-0.25, -0.2) is 24.3 Å². The van der Waals surface area contributed by atoms with Gasteiger partial charge in [-0.05, 0) is 0 Å². The predicted molar refractivity (Wildman–Crippen MR) is 107 cm³/mol. The maximum atomic E-state index is 2.25. The number of halogens is 2. The van der Waals surface area contributed by atoms with E-state index in [1.807, 2.05) is 42.5 Å². The molecule has 4 aromatic rings. The molecule has 0 aliphatic rings. The minimum Gasteiger partial charge on any atom is -0.214 e. The Morgan fingerprint density at radius 3 is 1.33 bits per heavy atom. The topological polar surface area (TPSA) is 0 Å². The number of hydrogen-bond donors (Lipinski definition) is 0. The van der Waals surface area contributed by atoms with E-state index in [-0.39, 0.29) is 24.8 Å². The third-order valence-electron chi connectivity index (χ3n) is 3.51. The molecule has 0 aromatic heterocycles. The second-order valence-electron chi connectivity index (χ2n) is 5.53. The molecule has 0 aliphatic carbocycles. The molecular formula is C23H22Cl2SiZr-2. The molecule has 4 rings (SSSR count). The molecule has 0 amide bonds. The van der Waals surface area contributed by atoms with Gasteiger partial charge in [-0.15, -0.1) is 0 Å². The fourth-order valence-corrected chi connectivity index (χ4v) is 6.01. The van der Waals surface area contributed by atoms with Gasteiger partial charge in [-0.3, -0.25) is 0 Å². The van der Waals surface area contributed by atoms with Gasteiger partial charge in [-0.2, -0.15) is 35.9 Å². The van der Waals surface area contributed by atoms with Gasteiger partial charge in [0.05, 0.1) is 0 Å². The number of benzene rings is 2. The van der Waals surface area contributed by atoms with E-state index in [4.69, 9.17) is 0 Å². The molecule has 0 heterocycles. The van der Waals surface area contributed by atoms with Crippen molar-refractivity contribution in [2.75, 3.05) is 0 Å². The van der Waals surface area contributed by atoms with Gasteiger partial charge in [0.25, 0.3) is 0 Å². The Hall–Kier alpha value is -1.18. The molecule has 4 heteroatoms. The summed E-state index contributed by atoms with van der Waals surface area (Å²) >= 11 is 1.64. The monoisotopic (exact) mass is 486 g/mol. The quantitative estimate of drug-likeness (QED) is 0.237. The Morgan fingerprint density at radius 2 is 1.07 bits per heavy atom. The van der Waals surface area contributed by atoms with E-state index in [0.717, 1.165) is 0 Å². The van der Waals surface area contributed by atoms with Gasteiger partial charge in [0.15, 0.2) is 0 Å². The zero-order valence-corrected chi connectivity index (χ0v) is 20.2. The average Bonchev–Trinajstić information content (AvgIpc) is 3.40. The van der Waals surface area contributed by atoms with E-state index in [1.165, 1.54) is 15.9 Å². The first kappa shape index (κ1) is 25.8. The van der Waals surface area contributed by atoms with Gasteiger partial charge < -0.3 is 24.8 Å². The van der Waals surface area contributed by atoms with Crippen LogP contribution in [0, 0.1) is 6.92 Å². The van der Waals surface area contributed by atoms with Crippen molar-refractivity contribution in [3.8, 4) is 0 Å². The summed E-state index contributed by atoms with van der Waals surface area (Å²) < 4.78 is 0. The van der Waals surface area contributed by atoms with Gasteiger partial charge in [0.1, 0.15) is 0 Å². The van der Waals surface area contributed by atoms with Crippen LogP contribution in [-0.2, 0) is 23.3 Å². The van der Waals surface area contributed by atoms with Crippen LogP contribution in [0.1, 0.15) is 5.56 Å². The summed E-state index contributed by atoms with van der Waals surface area (Å²) in [5.41, 5.74) is 0.888. The molecule has 0 saturated carbocycles. The van der Waals surface area contributed by atoms with E-state index in [0.29, 0.717) is 0 Å². The van der Waals surface area contributed by atoms with E-state index in [9.17, 15) is 0 Å². The summed E-state index contributed by atoms with van der Waals surface area (Å²) in [6.45, 7) is 2.08. The van der Waals surface area contributed by atoms with Gasteiger partial charge in [-0.1, -0.05) is 6.92 Å². The third kappa shape index (κ3) is 10.7. The fraction of sp³-hybridized carbons (Fsp3) is 0.0435. The van der Waals surface area contributed by atoms with Crippen molar-refractivity contribution in [2.45, 2.75) is 6.92 Å². The van der Waals surface area contributed by atoms with Crippen LogP contribution in [0.4, 0.5) is 0 Å². The summed E-state index contributed by atoms with van der Waals surface area (Å²) in [5.74, 6) is 0. The van der Waals surface area contributed by atoms with Crippen LogP contribution in [0.3, 0.4) is 0 Å². The first-order chi connectivity index (χ1) is 12.3. The van der Waals surface area contributed by atoms with Crippen LogP contribution in [0.15, 0.2) is 115 Å². The molecule has 0 spiro atoms. The molecule has 0 atom stereocenters. The van der Waals surface area contributed by atoms with Gasteiger partial charge in [0.2, 0.25) is 0 Å². The van der Waals surface area contributed by atoms with Crippen molar-refractivity contribution < 1.29 is 48.1 Å². The van der Waals surface area contributed by atoms with E-state index in [1.54, 1.807) is 23.3 Å². The third-order valence-corrected chi connectivity index (χ3v) is 9.59. The molecule has 4 aromatic carbocycles. The largest absolute Gasteiger partial charge is 0.214 e. The summed E-state index contributed by atoms with van der Waals surface area (Å²) in [5, 5.41) is 3.03. The predicted octanol–water partition coefficient (Wildman–Crippen LogP) is -1.53. The zero-order valence-electron chi connectivity index (χ0n) is 15.2. The Bertz CT molecular complexity index is 753. The molecule has 0 aliphatic heterocycles. The Morgan fingerprint density at radius 1 is 0.667 bits per heavy atom. The summed E-state index contributed by atoms with van der Waals surface area (Å²) in [6.07, 6.45) is 0. The zero-order chi connectivity index (χ0) is 17.7. The van der Waals surface area contributed by atoms with Crippen LogP contribution in [-0.4, -0.2) is 5.43 Å². The van der Waals surface area contributed by atoms with Crippen molar-refractivity contribution in [3.63, 3.8) is 0 Å². The number of aryl methyl sites for hydroxylation is 1. The molecular weight excluding hydrogens is 466 g/mol. The first-order valence-electron chi connectivity index (χ1n) is 8.32. The van der Waals surface area contributed by atoms with Crippen molar-refractivity contribution >= 4 is 15.8 Å². The average molecular weight is 489 g/mol. The molecule has 27 heavy (non-hydrogen) atoms. The molecule has 0 fully saturated rings. The smallest absolute Gasteiger partial charge is 0.172 e.